The van der Waals surface area contributed by atoms with Crippen LogP contribution in [0.4, 0.5) is 10.1 Å². The number of piperidine rings is 1. The minimum atomic E-state index is -2.64. The molecule has 0 bridgehead atoms. The third kappa shape index (κ3) is 2.71. The van der Waals surface area contributed by atoms with Crippen molar-refractivity contribution in [2.24, 2.45) is 0 Å². The molecule has 2 aliphatic rings. The van der Waals surface area contributed by atoms with Crippen LogP contribution in [-0.2, 0) is 9.47 Å². The molecule has 114 valence electrons. The molecule has 0 aromatic carbocycles. The maximum atomic E-state index is 14.3. The van der Waals surface area contributed by atoms with Crippen LogP contribution in [-0.4, -0.2) is 50.0 Å². The first-order valence-corrected chi connectivity index (χ1v) is 6.80. The predicted molar refractivity (Wildman–Crippen MR) is 73.7 cm³/mol. The Morgan fingerprint density at radius 1 is 1.43 bits per heavy atom. The smallest absolute Gasteiger partial charge is 0.269 e. The van der Waals surface area contributed by atoms with Crippen molar-refractivity contribution in [2.45, 2.75) is 18.6 Å². The summed E-state index contributed by atoms with van der Waals surface area (Å²) in [5, 5.41) is 1.78. The van der Waals surface area contributed by atoms with Gasteiger partial charge >= 0.3 is 0 Å². The predicted octanol–water partition coefficient (Wildman–Crippen LogP) is 0.924. The van der Waals surface area contributed by atoms with Crippen molar-refractivity contribution >= 4 is 11.6 Å². The van der Waals surface area contributed by atoms with Crippen molar-refractivity contribution in [1.29, 1.82) is 0 Å². The average molecular weight is 298 g/mol. The van der Waals surface area contributed by atoms with Gasteiger partial charge < -0.3 is 19.7 Å². The van der Waals surface area contributed by atoms with Crippen molar-refractivity contribution in [2.75, 3.05) is 38.2 Å². The summed E-state index contributed by atoms with van der Waals surface area (Å²) in [6.45, 7) is -0.415. The number of rotatable bonds is 2. The number of aromatic nitrogens is 1. The molecule has 2 saturated heterocycles. The van der Waals surface area contributed by atoms with Crippen LogP contribution in [0.25, 0.3) is 0 Å². The minimum absolute atomic E-state index is 0.272. The lowest BCUT2D eigenvalue weighted by Crippen LogP contribution is -2.45. The number of hydrogen-bond donors (Lipinski definition) is 1. The van der Waals surface area contributed by atoms with Crippen molar-refractivity contribution in [3.8, 4) is 0 Å². The average Bonchev–Trinajstić information content (AvgIpc) is 2.95. The first-order valence-electron chi connectivity index (χ1n) is 8.30. The molecule has 7 heteroatoms. The van der Waals surface area contributed by atoms with Gasteiger partial charge in [0.05, 0.1) is 18.9 Å². The number of hydrogen-bond acceptors (Lipinski definition) is 5. The number of carbonyl (C=O) groups excluding carboxylic acids is 1. The number of nitrogens with zero attached hydrogens (tertiary/aromatic N) is 2. The molecule has 6 nitrogen and oxygen atoms in total. The molecule has 2 aliphatic heterocycles. The molecule has 1 amide bonds. The molecule has 0 radical (unpaired) electrons. The van der Waals surface area contributed by atoms with Crippen LogP contribution < -0.4 is 10.2 Å². The van der Waals surface area contributed by atoms with Crippen LogP contribution in [0, 0.1) is 5.95 Å². The Morgan fingerprint density at radius 3 is 2.76 bits per heavy atom. The van der Waals surface area contributed by atoms with Gasteiger partial charge in [0, 0.05) is 37.0 Å². The molecule has 0 saturated carbocycles. The Hall–Kier alpha value is -1.73. The first-order chi connectivity index (χ1) is 11.3. The number of amides is 1. The van der Waals surface area contributed by atoms with Crippen LogP contribution in [0.3, 0.4) is 0 Å². The Balaban J connectivity index is 1.68. The molecule has 0 aliphatic carbocycles. The third-order valence-corrected chi connectivity index (χ3v) is 3.85. The molecule has 1 spiro atoms. The normalized spacial score (nSPS) is 23.5. The summed E-state index contributed by atoms with van der Waals surface area (Å²) >= 11 is 0. The summed E-state index contributed by atoms with van der Waals surface area (Å²) in [7, 11) is 0. The molecule has 0 unspecified atom stereocenters. The van der Waals surface area contributed by atoms with Crippen molar-refractivity contribution in [3.05, 3.63) is 23.8 Å². The summed E-state index contributed by atoms with van der Waals surface area (Å²) in [5.41, 5.74) is -0.00315. The van der Waals surface area contributed by atoms with E-state index >= 15 is 0 Å². The first kappa shape index (κ1) is 10.9. The topological polar surface area (TPSA) is 63.7 Å². The largest absolute Gasteiger partial charge is 0.367 e. The highest BCUT2D eigenvalue weighted by molar-refractivity contribution is 5.92. The lowest BCUT2D eigenvalue weighted by molar-refractivity contribution is -0.169. The quantitative estimate of drug-likeness (QED) is 0.823. The summed E-state index contributed by atoms with van der Waals surface area (Å²) in [6.07, 6.45) is 1.24. The second-order valence-electron chi connectivity index (χ2n) is 5.06. The summed E-state index contributed by atoms with van der Waals surface area (Å²) in [6, 6.07) is 2.75. The Morgan fingerprint density at radius 2 is 2.14 bits per heavy atom. The van der Waals surface area contributed by atoms with E-state index in [1.165, 1.54) is 12.1 Å². The number of ether oxygens (including phenoxy) is 2. The number of anilines is 1. The second kappa shape index (κ2) is 5.57. The van der Waals surface area contributed by atoms with Crippen LogP contribution in [0.15, 0.2) is 12.1 Å². The van der Waals surface area contributed by atoms with Gasteiger partial charge in [-0.3, -0.25) is 4.79 Å². The number of carbonyl (C=O) groups is 1. The van der Waals surface area contributed by atoms with E-state index in [1.807, 2.05) is 4.90 Å². The molecule has 21 heavy (non-hydrogen) atoms. The lowest BCUT2D eigenvalue weighted by Gasteiger charge is -2.38. The van der Waals surface area contributed by atoms with Gasteiger partial charge in [-0.2, -0.15) is 4.39 Å². The Labute approximate surface area is 126 Å². The van der Waals surface area contributed by atoms with Gasteiger partial charge in [0.2, 0.25) is 5.95 Å². The van der Waals surface area contributed by atoms with Crippen LogP contribution >= 0.6 is 0 Å². The van der Waals surface area contributed by atoms with E-state index in [0.29, 0.717) is 39.1 Å². The zero-order valence-electron chi connectivity index (χ0n) is 14.4. The van der Waals surface area contributed by atoms with Gasteiger partial charge in [-0.1, -0.05) is 0 Å². The minimum Gasteiger partial charge on any atom is -0.367 e. The second-order valence-corrected chi connectivity index (χ2v) is 5.06. The molecule has 0 atom stereocenters. The van der Waals surface area contributed by atoms with E-state index < -0.39 is 24.6 Å². The summed E-state index contributed by atoms with van der Waals surface area (Å²) < 4.78 is 46.5. The van der Waals surface area contributed by atoms with E-state index in [-0.39, 0.29) is 11.4 Å². The molecule has 1 N–H and O–H groups in total. The van der Waals surface area contributed by atoms with E-state index in [4.69, 9.17) is 13.6 Å². The SMILES string of the molecule is [2H]C([2H])([2H])NC(=O)c1ccc(N2CCC3(CC2)OCCO3)c(F)n1. The van der Waals surface area contributed by atoms with Crippen molar-refractivity contribution < 1.29 is 22.8 Å². The maximum Gasteiger partial charge on any atom is 0.269 e. The molecule has 1 aromatic rings. The van der Waals surface area contributed by atoms with E-state index in [1.54, 1.807) is 5.32 Å². The monoisotopic (exact) mass is 298 g/mol. The maximum absolute atomic E-state index is 14.3. The van der Waals surface area contributed by atoms with E-state index in [9.17, 15) is 9.18 Å². The molecular formula is C14H18FN3O3. The Kier molecular flexibility index (Phi) is 2.90. The van der Waals surface area contributed by atoms with Gasteiger partial charge in [-0.25, -0.2) is 4.98 Å². The van der Waals surface area contributed by atoms with Gasteiger partial charge in [0.1, 0.15) is 5.69 Å². The highest BCUT2D eigenvalue weighted by Gasteiger charge is 2.40. The van der Waals surface area contributed by atoms with Gasteiger partial charge in [0.15, 0.2) is 5.79 Å². The molecule has 3 heterocycles. The lowest BCUT2D eigenvalue weighted by atomic mass is 10.0. The van der Waals surface area contributed by atoms with Crippen LogP contribution in [0.5, 0.6) is 0 Å². The van der Waals surface area contributed by atoms with Crippen molar-refractivity contribution in [1.82, 2.24) is 10.3 Å². The fraction of sp³-hybridized carbons (Fsp3) is 0.571. The molecule has 2 fully saturated rings. The highest BCUT2D eigenvalue weighted by atomic mass is 19.1. The number of pyridine rings is 1. The van der Waals surface area contributed by atoms with Crippen LogP contribution in [0.1, 0.15) is 27.4 Å². The van der Waals surface area contributed by atoms with Gasteiger partial charge in [-0.05, 0) is 12.1 Å². The van der Waals surface area contributed by atoms with E-state index in [2.05, 4.69) is 4.98 Å². The number of halogens is 1. The fourth-order valence-corrected chi connectivity index (χ4v) is 2.73. The fourth-order valence-electron chi connectivity index (χ4n) is 2.73. The van der Waals surface area contributed by atoms with Crippen LogP contribution in [0.2, 0.25) is 0 Å². The summed E-state index contributed by atoms with van der Waals surface area (Å²) in [4.78, 5) is 17.1. The number of nitrogens with one attached hydrogen (secondary N) is 1. The van der Waals surface area contributed by atoms with Crippen molar-refractivity contribution in [3.63, 3.8) is 0 Å². The Bertz CT molecular complexity index is 625. The molecule has 3 rings (SSSR count). The zero-order valence-corrected chi connectivity index (χ0v) is 11.4. The third-order valence-electron chi connectivity index (χ3n) is 3.85. The molecular weight excluding hydrogens is 277 g/mol. The standard InChI is InChI=1S/C14H18FN3O3/c1-16-13(19)10-2-3-11(12(15)17-10)18-6-4-14(5-7-18)20-8-9-21-14/h2-3H,4-9H2,1H3,(H,16,19)/i1D3. The zero-order chi connectivity index (χ0) is 17.4. The highest BCUT2D eigenvalue weighted by Crippen LogP contribution is 2.33. The van der Waals surface area contributed by atoms with E-state index in [0.717, 1.165) is 0 Å². The van der Waals surface area contributed by atoms with Gasteiger partial charge in [-0.15, -0.1) is 0 Å². The summed E-state index contributed by atoms with van der Waals surface area (Å²) in [5.74, 6) is -2.30. The molecule has 1 aromatic heterocycles. The van der Waals surface area contributed by atoms with Gasteiger partial charge in [0.25, 0.3) is 5.91 Å².